The van der Waals surface area contributed by atoms with Gasteiger partial charge in [0.15, 0.2) is 0 Å². The number of aliphatic hydroxyl groups excluding tert-OH is 1. The van der Waals surface area contributed by atoms with Crippen LogP contribution in [-0.4, -0.2) is 10.1 Å². The summed E-state index contributed by atoms with van der Waals surface area (Å²) in [5.74, 6) is 0. The highest BCUT2D eigenvalue weighted by Gasteiger charge is 2.09. The summed E-state index contributed by atoms with van der Waals surface area (Å²) in [5.41, 5.74) is 8.20. The molecule has 2 heteroatoms. The zero-order valence-electron chi connectivity index (χ0n) is 14.8. The number of aromatic nitrogens is 1. The molecule has 1 aromatic heterocycles. The third-order valence-electron chi connectivity index (χ3n) is 4.95. The van der Waals surface area contributed by atoms with Crippen LogP contribution in [0.4, 0.5) is 0 Å². The summed E-state index contributed by atoms with van der Waals surface area (Å²) in [6, 6.07) is 25.3. The topological polar surface area (TPSA) is 33.1 Å². The minimum absolute atomic E-state index is 0.0192. The Hall–Kier alpha value is -2.97. The van der Waals surface area contributed by atoms with E-state index in [-0.39, 0.29) is 6.61 Å². The highest BCUT2D eigenvalue weighted by atomic mass is 16.3. The highest BCUT2D eigenvalue weighted by Crippen LogP contribution is 2.28. The lowest BCUT2D eigenvalue weighted by molar-refractivity contribution is 0.281. The minimum Gasteiger partial charge on any atom is -0.392 e. The zero-order valence-corrected chi connectivity index (χ0v) is 14.8. The van der Waals surface area contributed by atoms with Crippen molar-refractivity contribution in [2.24, 2.45) is 0 Å². The van der Waals surface area contributed by atoms with Gasteiger partial charge in [-0.3, -0.25) is 4.98 Å². The number of pyridine rings is 1. The number of fused-ring (bicyclic) bond motifs is 1. The zero-order chi connectivity index (χ0) is 17.9. The van der Waals surface area contributed by atoms with Gasteiger partial charge in [-0.15, -0.1) is 0 Å². The molecule has 1 N–H and O–H groups in total. The molecule has 0 radical (unpaired) electrons. The lowest BCUT2D eigenvalue weighted by Crippen LogP contribution is -1.97. The summed E-state index contributed by atoms with van der Waals surface area (Å²) in [5, 5.41) is 10.4. The van der Waals surface area contributed by atoms with Gasteiger partial charge in [0, 0.05) is 11.6 Å². The Morgan fingerprint density at radius 1 is 0.846 bits per heavy atom. The molecule has 4 rings (SSSR count). The Morgan fingerprint density at radius 3 is 2.42 bits per heavy atom. The van der Waals surface area contributed by atoms with Crippen molar-refractivity contribution in [1.82, 2.24) is 4.98 Å². The van der Waals surface area contributed by atoms with Gasteiger partial charge >= 0.3 is 0 Å². The van der Waals surface area contributed by atoms with Gasteiger partial charge in [0.1, 0.15) is 0 Å². The average molecular weight is 339 g/mol. The minimum atomic E-state index is 0.0192. The van der Waals surface area contributed by atoms with Crippen molar-refractivity contribution in [3.8, 4) is 11.1 Å². The maximum Gasteiger partial charge on any atom is 0.0737 e. The molecule has 3 aromatic carbocycles. The second kappa shape index (κ2) is 7.11. The standard InChI is InChI=1S/C24H21NO/c1-17-20(9-6-12-23(17)19-7-3-2-4-8-19)14-22-11-5-10-21-13-18(16-26)15-25-24(21)22/h2-13,15,26H,14,16H2,1H3. The number of para-hydroxylation sites is 1. The van der Waals surface area contributed by atoms with Crippen LogP contribution in [0.1, 0.15) is 22.3 Å². The molecule has 0 spiro atoms. The summed E-state index contributed by atoms with van der Waals surface area (Å²) in [6.45, 7) is 2.21. The maximum atomic E-state index is 9.34. The Morgan fingerprint density at radius 2 is 1.62 bits per heavy atom. The van der Waals surface area contributed by atoms with Crippen LogP contribution in [0.2, 0.25) is 0 Å². The second-order valence-electron chi connectivity index (χ2n) is 6.62. The SMILES string of the molecule is Cc1c(Cc2cccc3cc(CO)cnc23)cccc1-c1ccccc1. The third-order valence-corrected chi connectivity index (χ3v) is 4.95. The number of nitrogens with zero attached hydrogens (tertiary/aromatic N) is 1. The van der Waals surface area contributed by atoms with E-state index in [0.29, 0.717) is 0 Å². The molecule has 0 aliphatic heterocycles. The van der Waals surface area contributed by atoms with Crippen LogP contribution in [0, 0.1) is 6.92 Å². The van der Waals surface area contributed by atoms with E-state index < -0.39 is 0 Å². The predicted molar refractivity (Wildman–Crippen MR) is 107 cm³/mol. The first-order valence-corrected chi connectivity index (χ1v) is 8.87. The molecule has 4 aromatic rings. The molecule has 0 atom stereocenters. The number of rotatable bonds is 4. The van der Waals surface area contributed by atoms with Crippen molar-refractivity contribution < 1.29 is 5.11 Å². The van der Waals surface area contributed by atoms with Crippen molar-refractivity contribution in [2.75, 3.05) is 0 Å². The molecule has 0 saturated carbocycles. The smallest absolute Gasteiger partial charge is 0.0737 e. The first kappa shape index (κ1) is 16.5. The second-order valence-corrected chi connectivity index (χ2v) is 6.62. The van der Waals surface area contributed by atoms with Gasteiger partial charge in [-0.25, -0.2) is 0 Å². The number of hydrogen-bond donors (Lipinski definition) is 1. The van der Waals surface area contributed by atoms with E-state index in [1.165, 1.54) is 27.8 Å². The number of aliphatic hydroxyl groups is 1. The van der Waals surface area contributed by atoms with E-state index in [1.54, 1.807) is 6.20 Å². The molecule has 2 nitrogen and oxygen atoms in total. The van der Waals surface area contributed by atoms with Gasteiger partial charge in [-0.05, 0) is 52.8 Å². The molecule has 0 unspecified atom stereocenters. The van der Waals surface area contributed by atoms with Crippen molar-refractivity contribution in [3.05, 3.63) is 101 Å². The van der Waals surface area contributed by atoms with Crippen molar-refractivity contribution in [3.63, 3.8) is 0 Å². The van der Waals surface area contributed by atoms with Gasteiger partial charge < -0.3 is 5.11 Å². The van der Waals surface area contributed by atoms with E-state index in [9.17, 15) is 5.11 Å². The molecule has 0 fully saturated rings. The fourth-order valence-corrected chi connectivity index (χ4v) is 3.51. The third kappa shape index (κ3) is 3.12. The molecule has 128 valence electrons. The van der Waals surface area contributed by atoms with E-state index in [1.807, 2.05) is 12.1 Å². The highest BCUT2D eigenvalue weighted by molar-refractivity contribution is 5.82. The summed E-state index contributed by atoms with van der Waals surface area (Å²) in [4.78, 5) is 4.60. The first-order chi connectivity index (χ1) is 12.8. The van der Waals surface area contributed by atoms with Gasteiger partial charge in [-0.1, -0.05) is 66.7 Å². The Kier molecular flexibility index (Phi) is 4.51. The van der Waals surface area contributed by atoms with Crippen molar-refractivity contribution in [2.45, 2.75) is 20.0 Å². The lowest BCUT2D eigenvalue weighted by Gasteiger charge is -2.13. The summed E-state index contributed by atoms with van der Waals surface area (Å²) >= 11 is 0. The summed E-state index contributed by atoms with van der Waals surface area (Å²) in [7, 11) is 0. The van der Waals surface area contributed by atoms with E-state index >= 15 is 0 Å². The van der Waals surface area contributed by atoms with Gasteiger partial charge in [-0.2, -0.15) is 0 Å². The summed E-state index contributed by atoms with van der Waals surface area (Å²) in [6.07, 6.45) is 2.61. The fraction of sp³-hybridized carbons (Fsp3) is 0.125. The molecule has 0 saturated heterocycles. The quantitative estimate of drug-likeness (QED) is 0.548. The number of benzene rings is 3. The van der Waals surface area contributed by atoms with Crippen LogP contribution in [0.25, 0.3) is 22.0 Å². The molecule has 0 aliphatic rings. The largest absolute Gasteiger partial charge is 0.392 e. The van der Waals surface area contributed by atoms with E-state index in [2.05, 4.69) is 72.6 Å². The lowest BCUT2D eigenvalue weighted by atomic mass is 9.92. The molecule has 0 bridgehead atoms. The van der Waals surface area contributed by atoms with Gasteiger partial charge in [0.25, 0.3) is 0 Å². The van der Waals surface area contributed by atoms with Crippen LogP contribution in [0.15, 0.2) is 79.0 Å². The Labute approximate surface area is 153 Å². The molecular formula is C24H21NO. The van der Waals surface area contributed by atoms with Crippen LogP contribution in [0.3, 0.4) is 0 Å². The molecular weight excluding hydrogens is 318 g/mol. The predicted octanol–water partition coefficient (Wildman–Crippen LogP) is 5.29. The van der Waals surface area contributed by atoms with Gasteiger partial charge in [0.05, 0.1) is 12.1 Å². The average Bonchev–Trinajstić information content (AvgIpc) is 2.70. The van der Waals surface area contributed by atoms with E-state index in [0.717, 1.165) is 22.9 Å². The van der Waals surface area contributed by atoms with E-state index in [4.69, 9.17) is 0 Å². The summed E-state index contributed by atoms with van der Waals surface area (Å²) < 4.78 is 0. The molecule has 0 aliphatic carbocycles. The maximum absolute atomic E-state index is 9.34. The fourth-order valence-electron chi connectivity index (χ4n) is 3.51. The Bertz CT molecular complexity index is 1050. The molecule has 26 heavy (non-hydrogen) atoms. The van der Waals surface area contributed by atoms with Crippen molar-refractivity contribution in [1.29, 1.82) is 0 Å². The molecule has 1 heterocycles. The van der Waals surface area contributed by atoms with Crippen LogP contribution in [0.5, 0.6) is 0 Å². The van der Waals surface area contributed by atoms with Crippen LogP contribution in [-0.2, 0) is 13.0 Å². The van der Waals surface area contributed by atoms with Crippen molar-refractivity contribution >= 4 is 10.9 Å². The normalized spacial score (nSPS) is 11.0. The van der Waals surface area contributed by atoms with Gasteiger partial charge in [0.2, 0.25) is 0 Å². The number of hydrogen-bond acceptors (Lipinski definition) is 2. The molecule has 0 amide bonds. The van der Waals surface area contributed by atoms with Crippen LogP contribution < -0.4 is 0 Å². The first-order valence-electron chi connectivity index (χ1n) is 8.87. The Balaban J connectivity index is 1.76. The monoisotopic (exact) mass is 339 g/mol. The van der Waals surface area contributed by atoms with Crippen LogP contribution >= 0.6 is 0 Å².